The van der Waals surface area contributed by atoms with Crippen molar-refractivity contribution < 1.29 is 9.53 Å². The van der Waals surface area contributed by atoms with Gasteiger partial charge in [-0.05, 0) is 36.8 Å². The fraction of sp³-hybridized carbons (Fsp3) is 0.273. The number of nitrogens with zero attached hydrogens (tertiary/aromatic N) is 2. The fourth-order valence-electron chi connectivity index (χ4n) is 2.62. The van der Waals surface area contributed by atoms with Crippen LogP contribution in [0.15, 0.2) is 53.9 Å². The van der Waals surface area contributed by atoms with Gasteiger partial charge in [-0.1, -0.05) is 29.8 Å². The number of anilines is 1. The van der Waals surface area contributed by atoms with E-state index in [2.05, 4.69) is 10.3 Å². The van der Waals surface area contributed by atoms with Gasteiger partial charge >= 0.3 is 0 Å². The van der Waals surface area contributed by atoms with Crippen molar-refractivity contribution in [1.82, 2.24) is 10.3 Å². The van der Waals surface area contributed by atoms with Gasteiger partial charge in [0.2, 0.25) is 5.91 Å². The van der Waals surface area contributed by atoms with E-state index < -0.39 is 0 Å². The Kier molecular flexibility index (Phi) is 6.66. The number of aromatic nitrogens is 1. The maximum absolute atomic E-state index is 12.2. The SMILES string of the molecule is Cc1ccc(OCc2nc(CC(=O)NCc3ccc(N(C)C)cc3)cs2)cc1. The summed E-state index contributed by atoms with van der Waals surface area (Å²) in [7, 11) is 4.01. The van der Waals surface area contributed by atoms with Crippen LogP contribution in [0.1, 0.15) is 21.8 Å². The number of rotatable bonds is 8. The van der Waals surface area contributed by atoms with Crippen LogP contribution >= 0.6 is 11.3 Å². The Morgan fingerprint density at radius 1 is 1.11 bits per heavy atom. The van der Waals surface area contributed by atoms with E-state index in [0.717, 1.165) is 27.7 Å². The van der Waals surface area contributed by atoms with Crippen molar-refractivity contribution in [1.29, 1.82) is 0 Å². The molecule has 3 aromatic rings. The van der Waals surface area contributed by atoms with Crippen molar-refractivity contribution in [3.05, 3.63) is 75.7 Å². The quantitative estimate of drug-likeness (QED) is 0.627. The monoisotopic (exact) mass is 395 g/mol. The molecule has 0 saturated carbocycles. The molecule has 1 amide bonds. The van der Waals surface area contributed by atoms with Gasteiger partial charge in [0, 0.05) is 31.7 Å². The number of carbonyl (C=O) groups excluding carboxylic acids is 1. The van der Waals surface area contributed by atoms with E-state index in [1.54, 1.807) is 0 Å². The molecule has 6 heteroatoms. The predicted molar refractivity (Wildman–Crippen MR) is 114 cm³/mol. The largest absolute Gasteiger partial charge is 0.486 e. The maximum Gasteiger partial charge on any atom is 0.226 e. The summed E-state index contributed by atoms with van der Waals surface area (Å²) in [5, 5.41) is 5.73. The lowest BCUT2D eigenvalue weighted by Crippen LogP contribution is -2.24. The molecule has 0 bridgehead atoms. The van der Waals surface area contributed by atoms with Crippen LogP contribution in [0.2, 0.25) is 0 Å². The molecule has 0 aliphatic rings. The van der Waals surface area contributed by atoms with E-state index in [-0.39, 0.29) is 12.3 Å². The molecule has 0 radical (unpaired) electrons. The minimum atomic E-state index is -0.0343. The van der Waals surface area contributed by atoms with Gasteiger partial charge in [-0.15, -0.1) is 11.3 Å². The minimum Gasteiger partial charge on any atom is -0.486 e. The summed E-state index contributed by atoms with van der Waals surface area (Å²) in [6, 6.07) is 16.1. The molecule has 3 rings (SSSR count). The van der Waals surface area contributed by atoms with Crippen LogP contribution in [0.3, 0.4) is 0 Å². The molecule has 2 aromatic carbocycles. The van der Waals surface area contributed by atoms with Crippen LogP contribution in [0, 0.1) is 6.92 Å². The molecule has 0 aliphatic carbocycles. The van der Waals surface area contributed by atoms with Crippen LogP contribution in [0.4, 0.5) is 5.69 Å². The highest BCUT2D eigenvalue weighted by atomic mass is 32.1. The van der Waals surface area contributed by atoms with Crippen LogP contribution in [0.25, 0.3) is 0 Å². The van der Waals surface area contributed by atoms with Crippen LogP contribution in [-0.4, -0.2) is 25.0 Å². The zero-order valence-corrected chi connectivity index (χ0v) is 17.3. The van der Waals surface area contributed by atoms with Crippen molar-refractivity contribution in [3.63, 3.8) is 0 Å². The Balaban J connectivity index is 1.44. The molecule has 0 saturated heterocycles. The van der Waals surface area contributed by atoms with E-state index >= 15 is 0 Å². The first-order valence-electron chi connectivity index (χ1n) is 9.15. The molecule has 0 spiro atoms. The van der Waals surface area contributed by atoms with Gasteiger partial charge in [0.1, 0.15) is 17.4 Å². The van der Waals surface area contributed by atoms with E-state index in [0.29, 0.717) is 13.2 Å². The Morgan fingerprint density at radius 3 is 2.50 bits per heavy atom. The zero-order chi connectivity index (χ0) is 19.9. The standard InChI is InChI=1S/C22H25N3O2S/c1-16-4-10-20(11-5-16)27-14-22-24-18(15-28-22)12-21(26)23-13-17-6-8-19(9-7-17)25(2)3/h4-11,15H,12-14H2,1-3H3,(H,23,26). The first kappa shape index (κ1) is 19.9. The molecule has 28 heavy (non-hydrogen) atoms. The molecule has 1 N–H and O–H groups in total. The maximum atomic E-state index is 12.2. The number of carbonyl (C=O) groups is 1. The number of benzene rings is 2. The molecule has 1 aromatic heterocycles. The van der Waals surface area contributed by atoms with Crippen molar-refractivity contribution in [2.75, 3.05) is 19.0 Å². The van der Waals surface area contributed by atoms with Gasteiger partial charge in [-0.25, -0.2) is 4.98 Å². The third-order valence-electron chi connectivity index (χ3n) is 4.27. The number of ether oxygens (including phenoxy) is 1. The van der Waals surface area contributed by atoms with Gasteiger partial charge in [-0.3, -0.25) is 4.79 Å². The molecule has 0 unspecified atom stereocenters. The number of hydrogen-bond donors (Lipinski definition) is 1. The molecule has 5 nitrogen and oxygen atoms in total. The van der Waals surface area contributed by atoms with Gasteiger partial charge < -0.3 is 15.0 Å². The normalized spacial score (nSPS) is 10.5. The van der Waals surface area contributed by atoms with Crippen molar-refractivity contribution in [3.8, 4) is 5.75 Å². The highest BCUT2D eigenvalue weighted by molar-refractivity contribution is 7.09. The summed E-state index contributed by atoms with van der Waals surface area (Å²) in [6.07, 6.45) is 0.275. The van der Waals surface area contributed by atoms with E-state index in [4.69, 9.17) is 4.74 Å². The Hall–Kier alpha value is -2.86. The van der Waals surface area contributed by atoms with Gasteiger partial charge in [0.15, 0.2) is 0 Å². The third-order valence-corrected chi connectivity index (χ3v) is 5.14. The predicted octanol–water partition coefficient (Wildman–Crippen LogP) is 3.96. The van der Waals surface area contributed by atoms with Crippen LogP contribution in [0.5, 0.6) is 5.75 Å². The van der Waals surface area contributed by atoms with Gasteiger partial charge in [0.05, 0.1) is 12.1 Å². The molecule has 0 aliphatic heterocycles. The van der Waals surface area contributed by atoms with Crippen molar-refractivity contribution >= 4 is 22.9 Å². The first-order valence-corrected chi connectivity index (χ1v) is 10.0. The number of amides is 1. The topological polar surface area (TPSA) is 54.5 Å². The molecule has 146 valence electrons. The second-order valence-corrected chi connectivity index (χ2v) is 7.79. The Bertz CT molecular complexity index is 902. The molecule has 1 heterocycles. The highest BCUT2D eigenvalue weighted by Crippen LogP contribution is 2.16. The van der Waals surface area contributed by atoms with Crippen molar-refractivity contribution in [2.45, 2.75) is 26.5 Å². The molecule has 0 atom stereocenters. The second-order valence-electron chi connectivity index (χ2n) is 6.85. The van der Waals surface area contributed by atoms with Gasteiger partial charge in [-0.2, -0.15) is 0 Å². The van der Waals surface area contributed by atoms with Gasteiger partial charge in [0.25, 0.3) is 0 Å². The average Bonchev–Trinajstić information content (AvgIpc) is 3.13. The Morgan fingerprint density at radius 2 is 1.82 bits per heavy atom. The number of nitrogens with one attached hydrogen (secondary N) is 1. The summed E-state index contributed by atoms with van der Waals surface area (Å²) in [5.41, 5.74) is 4.18. The van der Waals surface area contributed by atoms with E-state index in [1.165, 1.54) is 16.9 Å². The third kappa shape index (κ3) is 5.82. The molecule has 0 fully saturated rings. The fourth-order valence-corrected chi connectivity index (χ4v) is 3.32. The summed E-state index contributed by atoms with van der Waals surface area (Å²) in [6.45, 7) is 2.97. The van der Waals surface area contributed by atoms with E-state index in [1.807, 2.05) is 79.8 Å². The second kappa shape index (κ2) is 9.37. The first-order chi connectivity index (χ1) is 13.5. The Labute approximate surface area is 170 Å². The average molecular weight is 396 g/mol. The van der Waals surface area contributed by atoms with Crippen molar-refractivity contribution in [2.24, 2.45) is 0 Å². The summed E-state index contributed by atoms with van der Waals surface area (Å²) in [5.74, 6) is 0.786. The van der Waals surface area contributed by atoms with E-state index in [9.17, 15) is 4.79 Å². The van der Waals surface area contributed by atoms with Crippen LogP contribution in [-0.2, 0) is 24.4 Å². The minimum absolute atomic E-state index is 0.0343. The summed E-state index contributed by atoms with van der Waals surface area (Å²) in [4.78, 5) is 18.7. The summed E-state index contributed by atoms with van der Waals surface area (Å²) < 4.78 is 5.74. The molecular formula is C22H25N3O2S. The van der Waals surface area contributed by atoms with Crippen LogP contribution < -0.4 is 15.0 Å². The molecular weight excluding hydrogens is 370 g/mol. The lowest BCUT2D eigenvalue weighted by atomic mass is 10.2. The number of thiazole rings is 1. The lowest BCUT2D eigenvalue weighted by molar-refractivity contribution is -0.120. The summed E-state index contributed by atoms with van der Waals surface area (Å²) >= 11 is 1.51. The zero-order valence-electron chi connectivity index (χ0n) is 16.4. The number of hydrogen-bond acceptors (Lipinski definition) is 5. The smallest absolute Gasteiger partial charge is 0.226 e. The number of aryl methyl sites for hydroxylation is 1. The highest BCUT2D eigenvalue weighted by Gasteiger charge is 2.08. The lowest BCUT2D eigenvalue weighted by Gasteiger charge is -2.12.